The summed E-state index contributed by atoms with van der Waals surface area (Å²) in [5, 5.41) is 22.0. The molecule has 0 unspecified atom stereocenters. The molecule has 1 aromatic heterocycles. The lowest BCUT2D eigenvalue weighted by Gasteiger charge is -2.23. The average molecular weight is 354 g/mol. The van der Waals surface area contributed by atoms with Gasteiger partial charge in [0, 0.05) is 17.6 Å². The zero-order chi connectivity index (χ0) is 18.6. The molecule has 136 valence electrons. The Hall–Kier alpha value is -2.57. The van der Waals surface area contributed by atoms with Gasteiger partial charge in [-0.3, -0.25) is 0 Å². The van der Waals surface area contributed by atoms with E-state index in [0.29, 0.717) is 13.1 Å². The summed E-state index contributed by atoms with van der Waals surface area (Å²) in [6.45, 7) is 4.83. The Morgan fingerprint density at radius 2 is 1.73 bits per heavy atom. The summed E-state index contributed by atoms with van der Waals surface area (Å²) in [5.74, 6) is -0.261. The van der Waals surface area contributed by atoms with E-state index < -0.39 is 5.54 Å². The molecule has 0 bridgehead atoms. The van der Waals surface area contributed by atoms with E-state index in [4.69, 9.17) is 0 Å². The number of hydrogen-bond donors (Lipinski definition) is 2. The Bertz CT molecular complexity index is 844. The molecule has 3 rings (SSSR count). The lowest BCUT2D eigenvalue weighted by Crippen LogP contribution is -2.42. The number of nitrogens with zero attached hydrogens (tertiary/aromatic N) is 3. The molecule has 0 atom stereocenters. The highest BCUT2D eigenvalue weighted by molar-refractivity contribution is 5.60. The Morgan fingerprint density at radius 1 is 1.04 bits per heavy atom. The number of aliphatic hydroxyl groups excluding tert-OH is 1. The Labute approximate surface area is 152 Å². The van der Waals surface area contributed by atoms with E-state index in [1.807, 2.05) is 44.2 Å². The normalized spacial score (nSPS) is 11.7. The zero-order valence-corrected chi connectivity index (χ0v) is 15.0. The highest BCUT2D eigenvalue weighted by Crippen LogP contribution is 2.21. The highest BCUT2D eigenvalue weighted by Gasteiger charge is 2.19. The van der Waals surface area contributed by atoms with Gasteiger partial charge in [0.2, 0.25) is 0 Å². The minimum Gasteiger partial charge on any atom is -0.394 e. The van der Waals surface area contributed by atoms with Gasteiger partial charge in [0.05, 0.1) is 13.2 Å². The second-order valence-electron chi connectivity index (χ2n) is 6.91. The topological polar surface area (TPSA) is 63.0 Å². The standard InChI is InChI=1S/C20H23FN4O/c1-20(2,14-26)22-12-18-19(16-6-4-3-5-7-16)24-25(23-18)13-15-8-10-17(21)11-9-15/h3-11,22,26H,12-14H2,1-2H3. The molecular formula is C20H23FN4O. The summed E-state index contributed by atoms with van der Waals surface area (Å²) < 4.78 is 13.1. The molecule has 0 fully saturated rings. The predicted octanol–water partition coefficient (Wildman–Crippen LogP) is 2.99. The monoisotopic (exact) mass is 354 g/mol. The van der Waals surface area contributed by atoms with Crippen LogP contribution in [0.2, 0.25) is 0 Å². The minimum absolute atomic E-state index is 0.0252. The molecule has 0 aliphatic carbocycles. The summed E-state index contributed by atoms with van der Waals surface area (Å²) in [5.41, 5.74) is 3.11. The first-order valence-electron chi connectivity index (χ1n) is 8.56. The molecule has 0 saturated carbocycles. The fraction of sp³-hybridized carbons (Fsp3) is 0.300. The summed E-state index contributed by atoms with van der Waals surface area (Å²) >= 11 is 0. The first-order valence-corrected chi connectivity index (χ1v) is 8.56. The van der Waals surface area contributed by atoms with Crippen LogP contribution in [0.3, 0.4) is 0 Å². The van der Waals surface area contributed by atoms with E-state index in [0.717, 1.165) is 22.5 Å². The highest BCUT2D eigenvalue weighted by atomic mass is 19.1. The molecule has 2 N–H and O–H groups in total. The van der Waals surface area contributed by atoms with E-state index in [2.05, 4.69) is 15.5 Å². The number of rotatable bonds is 7. The largest absolute Gasteiger partial charge is 0.394 e. The molecule has 0 amide bonds. The van der Waals surface area contributed by atoms with Crippen LogP contribution in [0.15, 0.2) is 54.6 Å². The molecule has 0 aliphatic heterocycles. The zero-order valence-electron chi connectivity index (χ0n) is 15.0. The van der Waals surface area contributed by atoms with Crippen LogP contribution in [0.4, 0.5) is 4.39 Å². The van der Waals surface area contributed by atoms with Crippen molar-refractivity contribution in [3.05, 3.63) is 71.7 Å². The maximum absolute atomic E-state index is 13.1. The smallest absolute Gasteiger partial charge is 0.123 e. The predicted molar refractivity (Wildman–Crippen MR) is 99.0 cm³/mol. The second kappa shape index (κ2) is 7.76. The minimum atomic E-state index is -0.408. The van der Waals surface area contributed by atoms with Crippen molar-refractivity contribution in [1.82, 2.24) is 20.3 Å². The fourth-order valence-corrected chi connectivity index (χ4v) is 2.52. The molecular weight excluding hydrogens is 331 g/mol. The average Bonchev–Trinajstić information content (AvgIpc) is 3.06. The third-order valence-corrected chi connectivity index (χ3v) is 4.14. The van der Waals surface area contributed by atoms with Crippen LogP contribution in [0.1, 0.15) is 25.1 Å². The van der Waals surface area contributed by atoms with E-state index in [1.165, 1.54) is 12.1 Å². The van der Waals surface area contributed by atoms with Crippen molar-refractivity contribution in [3.8, 4) is 11.3 Å². The number of halogens is 1. The number of aliphatic hydroxyl groups is 1. The lowest BCUT2D eigenvalue weighted by molar-refractivity contribution is 0.187. The summed E-state index contributed by atoms with van der Waals surface area (Å²) in [4.78, 5) is 1.62. The van der Waals surface area contributed by atoms with Crippen molar-refractivity contribution in [1.29, 1.82) is 0 Å². The van der Waals surface area contributed by atoms with Crippen LogP contribution in [0.25, 0.3) is 11.3 Å². The van der Waals surface area contributed by atoms with Crippen molar-refractivity contribution in [2.45, 2.75) is 32.5 Å². The maximum atomic E-state index is 13.1. The molecule has 0 radical (unpaired) electrons. The first kappa shape index (κ1) is 18.2. The van der Waals surface area contributed by atoms with Crippen molar-refractivity contribution in [2.24, 2.45) is 0 Å². The molecule has 26 heavy (non-hydrogen) atoms. The van der Waals surface area contributed by atoms with Gasteiger partial charge in [0.25, 0.3) is 0 Å². The van der Waals surface area contributed by atoms with Gasteiger partial charge in [-0.25, -0.2) is 4.39 Å². The van der Waals surface area contributed by atoms with E-state index in [9.17, 15) is 9.50 Å². The van der Waals surface area contributed by atoms with Crippen molar-refractivity contribution < 1.29 is 9.50 Å². The molecule has 5 nitrogen and oxygen atoms in total. The van der Waals surface area contributed by atoms with Crippen molar-refractivity contribution >= 4 is 0 Å². The van der Waals surface area contributed by atoms with Gasteiger partial charge in [0.1, 0.15) is 17.2 Å². The van der Waals surface area contributed by atoms with Crippen LogP contribution in [0, 0.1) is 5.82 Å². The Kier molecular flexibility index (Phi) is 5.44. The van der Waals surface area contributed by atoms with E-state index in [-0.39, 0.29) is 12.4 Å². The Balaban J connectivity index is 1.88. The van der Waals surface area contributed by atoms with Crippen LogP contribution in [-0.2, 0) is 13.1 Å². The van der Waals surface area contributed by atoms with E-state index >= 15 is 0 Å². The molecule has 6 heteroatoms. The van der Waals surface area contributed by atoms with Gasteiger partial charge < -0.3 is 10.4 Å². The molecule has 3 aromatic rings. The molecule has 0 saturated heterocycles. The van der Waals surface area contributed by atoms with Gasteiger partial charge in [-0.2, -0.15) is 15.0 Å². The van der Waals surface area contributed by atoms with Gasteiger partial charge in [0.15, 0.2) is 0 Å². The lowest BCUT2D eigenvalue weighted by atomic mass is 10.1. The summed E-state index contributed by atoms with van der Waals surface area (Å²) in [7, 11) is 0. The third-order valence-electron chi connectivity index (χ3n) is 4.14. The fourth-order valence-electron chi connectivity index (χ4n) is 2.52. The van der Waals surface area contributed by atoms with Crippen molar-refractivity contribution in [3.63, 3.8) is 0 Å². The maximum Gasteiger partial charge on any atom is 0.123 e. The second-order valence-corrected chi connectivity index (χ2v) is 6.91. The number of benzene rings is 2. The quantitative estimate of drug-likeness (QED) is 0.685. The van der Waals surface area contributed by atoms with Crippen LogP contribution in [-0.4, -0.2) is 32.2 Å². The number of hydrogen-bond acceptors (Lipinski definition) is 4. The molecule has 0 aliphatic rings. The SMILES string of the molecule is CC(C)(CO)NCc1nn(Cc2ccc(F)cc2)nc1-c1ccccc1. The van der Waals surface area contributed by atoms with E-state index in [1.54, 1.807) is 16.9 Å². The first-order chi connectivity index (χ1) is 12.5. The van der Waals surface area contributed by atoms with Gasteiger partial charge in [-0.05, 0) is 31.5 Å². The van der Waals surface area contributed by atoms with Gasteiger partial charge in [-0.15, -0.1) is 0 Å². The van der Waals surface area contributed by atoms with Gasteiger partial charge >= 0.3 is 0 Å². The number of nitrogens with one attached hydrogen (secondary N) is 1. The molecule has 1 heterocycles. The molecule has 0 spiro atoms. The van der Waals surface area contributed by atoms with Crippen LogP contribution >= 0.6 is 0 Å². The van der Waals surface area contributed by atoms with Crippen LogP contribution < -0.4 is 5.32 Å². The van der Waals surface area contributed by atoms with Crippen LogP contribution in [0.5, 0.6) is 0 Å². The molecule has 2 aromatic carbocycles. The van der Waals surface area contributed by atoms with Gasteiger partial charge in [-0.1, -0.05) is 42.5 Å². The summed E-state index contributed by atoms with van der Waals surface area (Å²) in [6, 6.07) is 16.2. The van der Waals surface area contributed by atoms with Crippen molar-refractivity contribution in [2.75, 3.05) is 6.61 Å². The Morgan fingerprint density at radius 3 is 2.38 bits per heavy atom. The summed E-state index contributed by atoms with van der Waals surface area (Å²) in [6.07, 6.45) is 0. The number of aromatic nitrogens is 3. The third kappa shape index (κ3) is 4.53.